The van der Waals surface area contributed by atoms with Gasteiger partial charge in [-0.2, -0.15) is 0 Å². The van der Waals surface area contributed by atoms with Crippen LogP contribution in [0.2, 0.25) is 0 Å². The molecule has 0 radical (unpaired) electrons. The number of methoxy groups -OCH3 is 2. The number of carbonyl (C=O) groups is 1. The molecule has 0 amide bonds. The van der Waals surface area contributed by atoms with Gasteiger partial charge in [0, 0.05) is 43.6 Å². The monoisotopic (exact) mass is 429 g/mol. The van der Waals surface area contributed by atoms with E-state index in [1.54, 1.807) is 19.2 Å². The van der Waals surface area contributed by atoms with Crippen molar-refractivity contribution in [2.24, 2.45) is 11.8 Å². The van der Waals surface area contributed by atoms with Gasteiger partial charge < -0.3 is 33.6 Å². The molecule has 0 aliphatic carbocycles. The number of esters is 1. The fourth-order valence-corrected chi connectivity index (χ4v) is 5.55. The number of morpholine rings is 1. The highest BCUT2D eigenvalue weighted by Crippen LogP contribution is 2.50. The van der Waals surface area contributed by atoms with Crippen molar-refractivity contribution in [2.75, 3.05) is 59.0 Å². The summed E-state index contributed by atoms with van der Waals surface area (Å²) in [5, 5.41) is 14.3. The van der Waals surface area contributed by atoms with E-state index in [2.05, 4.69) is 22.0 Å². The van der Waals surface area contributed by atoms with Crippen molar-refractivity contribution in [3.63, 3.8) is 0 Å². The molecule has 5 rings (SSSR count). The van der Waals surface area contributed by atoms with Crippen LogP contribution in [0.4, 0.5) is 5.82 Å². The molecule has 2 aromatic rings. The molecule has 9 nitrogen and oxygen atoms in total. The number of anilines is 1. The highest BCUT2D eigenvalue weighted by molar-refractivity contribution is 6.00. The molecule has 2 bridgehead atoms. The Morgan fingerprint density at radius 2 is 2.03 bits per heavy atom. The topological polar surface area (TPSA) is 97.5 Å². The van der Waals surface area contributed by atoms with E-state index in [1.165, 1.54) is 7.11 Å². The van der Waals surface area contributed by atoms with E-state index >= 15 is 0 Å². The zero-order valence-electron chi connectivity index (χ0n) is 17.9. The standard InChI is InChI=1S/C22H27N3O6/c1-24-8-16-15(10-26)17-9-25(12-22(16,11-24)30-17)20-18(21(27)29-3)19(31-23-20)13-4-6-14(28-2)7-5-13/h4-7,15-17,26H,8-12H2,1-3H3/t15-,16+,17+,22-/m0/s1. The molecule has 4 atom stereocenters. The molecule has 166 valence electrons. The minimum absolute atomic E-state index is 0.0597. The average Bonchev–Trinajstić information content (AvgIpc) is 3.40. The van der Waals surface area contributed by atoms with Crippen molar-refractivity contribution in [1.29, 1.82) is 0 Å². The Kier molecular flexibility index (Phi) is 4.91. The maximum absolute atomic E-state index is 12.8. The Morgan fingerprint density at radius 3 is 2.71 bits per heavy atom. The maximum Gasteiger partial charge on any atom is 0.345 e. The van der Waals surface area contributed by atoms with Gasteiger partial charge in [-0.15, -0.1) is 0 Å². The number of aliphatic hydroxyl groups excluding tert-OH is 1. The maximum atomic E-state index is 12.8. The highest BCUT2D eigenvalue weighted by atomic mass is 16.5. The molecule has 1 aromatic heterocycles. The van der Waals surface area contributed by atoms with Gasteiger partial charge in [-0.05, 0) is 31.3 Å². The Morgan fingerprint density at radius 1 is 1.26 bits per heavy atom. The zero-order chi connectivity index (χ0) is 21.8. The van der Waals surface area contributed by atoms with Gasteiger partial charge in [0.25, 0.3) is 0 Å². The molecule has 3 saturated heterocycles. The number of nitrogens with zero attached hydrogens (tertiary/aromatic N) is 3. The second-order valence-electron chi connectivity index (χ2n) is 8.68. The number of carbonyl (C=O) groups excluding carboxylic acids is 1. The third-order valence-electron chi connectivity index (χ3n) is 6.89. The van der Waals surface area contributed by atoms with Crippen molar-refractivity contribution in [3.05, 3.63) is 29.8 Å². The predicted molar refractivity (Wildman–Crippen MR) is 111 cm³/mol. The quantitative estimate of drug-likeness (QED) is 0.705. The van der Waals surface area contributed by atoms with Crippen LogP contribution in [0.25, 0.3) is 11.3 Å². The van der Waals surface area contributed by atoms with Crippen LogP contribution in [0, 0.1) is 11.8 Å². The number of benzene rings is 1. The SMILES string of the molecule is COC(=O)c1c(N2C[C@H]3O[C@@]4(CN(C)C[C@@H]4[C@@H]3CO)C2)noc1-c1ccc(OC)cc1. The molecule has 31 heavy (non-hydrogen) atoms. The van der Waals surface area contributed by atoms with Gasteiger partial charge in [-0.25, -0.2) is 4.79 Å². The number of rotatable bonds is 5. The average molecular weight is 429 g/mol. The number of fused-ring (bicyclic) bond motifs is 1. The molecule has 1 N–H and O–H groups in total. The molecule has 9 heteroatoms. The van der Waals surface area contributed by atoms with Crippen LogP contribution in [0.1, 0.15) is 10.4 Å². The summed E-state index contributed by atoms with van der Waals surface area (Å²) in [6, 6.07) is 7.25. The van der Waals surface area contributed by atoms with Crippen molar-refractivity contribution < 1.29 is 28.6 Å². The summed E-state index contributed by atoms with van der Waals surface area (Å²) in [5.41, 5.74) is 0.618. The number of aromatic nitrogens is 1. The van der Waals surface area contributed by atoms with Crippen LogP contribution < -0.4 is 9.64 Å². The van der Waals surface area contributed by atoms with E-state index in [-0.39, 0.29) is 24.5 Å². The summed E-state index contributed by atoms with van der Waals surface area (Å²) in [6.45, 7) is 2.85. The third kappa shape index (κ3) is 3.10. The van der Waals surface area contributed by atoms with E-state index < -0.39 is 11.6 Å². The predicted octanol–water partition coefficient (Wildman–Crippen LogP) is 1.26. The van der Waals surface area contributed by atoms with Crippen molar-refractivity contribution >= 4 is 11.8 Å². The number of ether oxygens (including phenoxy) is 3. The van der Waals surface area contributed by atoms with Gasteiger partial charge >= 0.3 is 5.97 Å². The molecule has 3 aliphatic heterocycles. The van der Waals surface area contributed by atoms with E-state index in [0.29, 0.717) is 41.5 Å². The Balaban J connectivity index is 1.53. The van der Waals surface area contributed by atoms with Crippen molar-refractivity contribution in [2.45, 2.75) is 11.7 Å². The first-order chi connectivity index (χ1) is 15.0. The van der Waals surface area contributed by atoms with E-state index in [0.717, 1.165) is 13.1 Å². The zero-order valence-corrected chi connectivity index (χ0v) is 17.9. The van der Waals surface area contributed by atoms with Gasteiger partial charge in [0.05, 0.1) is 26.9 Å². The molecular formula is C22H27N3O6. The van der Waals surface area contributed by atoms with Crippen LogP contribution in [-0.4, -0.2) is 86.9 Å². The van der Waals surface area contributed by atoms with Gasteiger partial charge in [-0.3, -0.25) is 0 Å². The summed E-state index contributed by atoms with van der Waals surface area (Å²) in [4.78, 5) is 17.1. The molecule has 3 aliphatic rings. The second kappa shape index (κ2) is 7.51. The Bertz CT molecular complexity index is 976. The third-order valence-corrected chi connectivity index (χ3v) is 6.89. The highest BCUT2D eigenvalue weighted by Gasteiger charge is 2.62. The summed E-state index contributed by atoms with van der Waals surface area (Å²) in [6.07, 6.45) is -0.121. The fourth-order valence-electron chi connectivity index (χ4n) is 5.55. The van der Waals surface area contributed by atoms with Gasteiger partial charge in [0.2, 0.25) is 0 Å². The molecule has 4 heterocycles. The van der Waals surface area contributed by atoms with Crippen LogP contribution >= 0.6 is 0 Å². The van der Waals surface area contributed by atoms with Crippen LogP contribution in [0.3, 0.4) is 0 Å². The van der Waals surface area contributed by atoms with E-state index in [9.17, 15) is 9.90 Å². The van der Waals surface area contributed by atoms with Crippen molar-refractivity contribution in [1.82, 2.24) is 10.1 Å². The van der Waals surface area contributed by atoms with E-state index in [4.69, 9.17) is 18.7 Å². The van der Waals surface area contributed by atoms with Crippen LogP contribution in [0.15, 0.2) is 28.8 Å². The van der Waals surface area contributed by atoms with Crippen LogP contribution in [-0.2, 0) is 9.47 Å². The summed E-state index contributed by atoms with van der Waals surface area (Å²) in [7, 11) is 5.01. The number of hydrogen-bond acceptors (Lipinski definition) is 9. The first kappa shape index (κ1) is 20.3. The molecular weight excluding hydrogens is 402 g/mol. The number of hydrogen-bond donors (Lipinski definition) is 1. The summed E-state index contributed by atoms with van der Waals surface area (Å²) < 4.78 is 22.4. The Hall–Kier alpha value is -2.62. The van der Waals surface area contributed by atoms with Crippen LogP contribution in [0.5, 0.6) is 5.75 Å². The lowest BCUT2D eigenvalue weighted by molar-refractivity contribution is -0.0631. The fraction of sp³-hybridized carbons (Fsp3) is 0.545. The lowest BCUT2D eigenvalue weighted by Crippen LogP contribution is -2.54. The largest absolute Gasteiger partial charge is 0.497 e. The molecule has 1 aromatic carbocycles. The number of likely N-dealkylation sites (tertiary alicyclic amines) is 1. The number of likely N-dealkylation sites (N-methyl/N-ethyl adjacent to an activating group) is 1. The van der Waals surface area contributed by atoms with Gasteiger partial charge in [0.1, 0.15) is 11.4 Å². The summed E-state index contributed by atoms with van der Waals surface area (Å²) in [5.74, 6) is 1.32. The molecule has 1 spiro atoms. The minimum atomic E-state index is -0.503. The normalized spacial score (nSPS) is 29.8. The lowest BCUT2D eigenvalue weighted by Gasteiger charge is -2.40. The Labute approximate surface area is 180 Å². The smallest absolute Gasteiger partial charge is 0.345 e. The lowest BCUT2D eigenvalue weighted by atomic mass is 9.83. The number of aliphatic hydroxyl groups is 1. The second-order valence-corrected chi connectivity index (χ2v) is 8.68. The van der Waals surface area contributed by atoms with Gasteiger partial charge in [-0.1, -0.05) is 5.16 Å². The first-order valence-electron chi connectivity index (χ1n) is 10.4. The van der Waals surface area contributed by atoms with E-state index in [1.807, 2.05) is 12.1 Å². The minimum Gasteiger partial charge on any atom is -0.497 e. The molecule has 0 unspecified atom stereocenters. The molecule has 0 saturated carbocycles. The van der Waals surface area contributed by atoms with Gasteiger partial charge in [0.15, 0.2) is 17.1 Å². The first-order valence-corrected chi connectivity index (χ1v) is 10.4. The van der Waals surface area contributed by atoms with Crippen molar-refractivity contribution in [3.8, 4) is 17.1 Å². The summed E-state index contributed by atoms with van der Waals surface area (Å²) >= 11 is 0. The molecule has 3 fully saturated rings.